The van der Waals surface area contributed by atoms with Crippen LogP contribution in [0.1, 0.15) is 42.6 Å². The highest BCUT2D eigenvalue weighted by molar-refractivity contribution is 7.89. The van der Waals surface area contributed by atoms with E-state index in [1.165, 1.54) is 6.20 Å². The number of hydrogen-bond donors (Lipinski definition) is 1. The Bertz CT molecular complexity index is 966. The Kier molecular flexibility index (Phi) is 5.79. The third kappa shape index (κ3) is 4.21. The second-order valence-corrected chi connectivity index (χ2v) is 9.62. The zero-order valence-electron chi connectivity index (χ0n) is 15.9. The minimum Gasteiger partial charge on any atom is -0.339 e. The summed E-state index contributed by atoms with van der Waals surface area (Å²) in [5.74, 6) is 0.160. The number of likely N-dealkylation sites (tertiary alicyclic amines) is 1. The molecule has 1 aliphatic rings. The van der Waals surface area contributed by atoms with Crippen molar-refractivity contribution in [1.29, 1.82) is 0 Å². The van der Waals surface area contributed by atoms with E-state index in [0.29, 0.717) is 23.8 Å². The number of sulfonamides is 1. The van der Waals surface area contributed by atoms with Crippen LogP contribution in [0.15, 0.2) is 47.5 Å². The standard InChI is InChI=1S/C20H24ClN3O3S/c1-20(2,16-5-3-4-6-17(16)28(22,26)27)15-9-11-24(12-10-15)19(25)14-7-8-18(21)23-13-14/h3-8,13,15H,9-12H2,1-2H3,(H2,22,26,27). The lowest BCUT2D eigenvalue weighted by molar-refractivity contribution is 0.0648. The third-order valence-electron chi connectivity index (χ3n) is 5.66. The Morgan fingerprint density at radius 3 is 2.39 bits per heavy atom. The first-order chi connectivity index (χ1) is 13.1. The third-order valence-corrected chi connectivity index (χ3v) is 6.86. The zero-order chi connectivity index (χ0) is 20.5. The van der Waals surface area contributed by atoms with Crippen molar-refractivity contribution in [3.63, 3.8) is 0 Å². The molecule has 8 heteroatoms. The maximum absolute atomic E-state index is 12.7. The number of carbonyl (C=O) groups is 1. The van der Waals surface area contributed by atoms with Crippen LogP contribution in [-0.4, -0.2) is 37.3 Å². The fourth-order valence-corrected chi connectivity index (χ4v) is 4.97. The molecule has 0 spiro atoms. The molecule has 150 valence electrons. The van der Waals surface area contributed by atoms with Crippen LogP contribution in [0.2, 0.25) is 5.15 Å². The van der Waals surface area contributed by atoms with E-state index in [2.05, 4.69) is 4.98 Å². The molecule has 0 radical (unpaired) electrons. The molecule has 0 saturated carbocycles. The van der Waals surface area contributed by atoms with Crippen molar-refractivity contribution in [2.24, 2.45) is 11.1 Å². The maximum atomic E-state index is 12.7. The van der Waals surface area contributed by atoms with Gasteiger partial charge in [-0.25, -0.2) is 18.5 Å². The van der Waals surface area contributed by atoms with Gasteiger partial charge in [-0.1, -0.05) is 43.6 Å². The summed E-state index contributed by atoms with van der Waals surface area (Å²) in [4.78, 5) is 18.6. The predicted molar refractivity (Wildman–Crippen MR) is 109 cm³/mol. The fraction of sp³-hybridized carbons (Fsp3) is 0.400. The van der Waals surface area contributed by atoms with Gasteiger partial charge < -0.3 is 4.90 Å². The Morgan fingerprint density at radius 2 is 1.82 bits per heavy atom. The van der Waals surface area contributed by atoms with Crippen molar-refractivity contribution in [3.8, 4) is 0 Å². The van der Waals surface area contributed by atoms with Crippen molar-refractivity contribution >= 4 is 27.5 Å². The van der Waals surface area contributed by atoms with Crippen LogP contribution in [0.5, 0.6) is 0 Å². The fourth-order valence-electron chi connectivity index (χ4n) is 3.96. The van der Waals surface area contributed by atoms with Gasteiger partial charge in [0, 0.05) is 19.3 Å². The minimum absolute atomic E-state index is 0.0645. The molecule has 6 nitrogen and oxygen atoms in total. The van der Waals surface area contributed by atoms with Gasteiger partial charge in [-0.3, -0.25) is 4.79 Å². The molecule has 1 amide bonds. The first-order valence-electron chi connectivity index (χ1n) is 9.14. The van der Waals surface area contributed by atoms with Crippen LogP contribution in [0.4, 0.5) is 0 Å². The van der Waals surface area contributed by atoms with Crippen LogP contribution >= 0.6 is 11.6 Å². The van der Waals surface area contributed by atoms with E-state index < -0.39 is 10.0 Å². The molecule has 1 saturated heterocycles. The Morgan fingerprint density at radius 1 is 1.18 bits per heavy atom. The number of nitrogens with zero attached hydrogens (tertiary/aromatic N) is 2. The number of primary sulfonamides is 1. The van der Waals surface area contributed by atoms with Crippen molar-refractivity contribution < 1.29 is 13.2 Å². The minimum atomic E-state index is -3.80. The van der Waals surface area contributed by atoms with E-state index in [1.54, 1.807) is 24.3 Å². The summed E-state index contributed by atoms with van der Waals surface area (Å²) < 4.78 is 24.0. The van der Waals surface area contributed by atoms with Gasteiger partial charge in [-0.05, 0) is 47.9 Å². The molecule has 0 unspecified atom stereocenters. The van der Waals surface area contributed by atoms with Gasteiger partial charge in [-0.15, -0.1) is 0 Å². The van der Waals surface area contributed by atoms with E-state index in [0.717, 1.165) is 18.4 Å². The summed E-state index contributed by atoms with van der Waals surface area (Å²) >= 11 is 5.79. The number of rotatable bonds is 4. The SMILES string of the molecule is CC(C)(c1ccccc1S(N)(=O)=O)C1CCN(C(=O)c2ccc(Cl)nc2)CC1. The number of benzene rings is 1. The van der Waals surface area contributed by atoms with E-state index in [9.17, 15) is 13.2 Å². The summed E-state index contributed by atoms with van der Waals surface area (Å²) in [6.07, 6.45) is 3.04. The van der Waals surface area contributed by atoms with Crippen LogP contribution in [0.3, 0.4) is 0 Å². The molecule has 1 aliphatic heterocycles. The molecule has 28 heavy (non-hydrogen) atoms. The highest BCUT2D eigenvalue weighted by atomic mass is 35.5. The lowest BCUT2D eigenvalue weighted by Gasteiger charge is -2.41. The molecule has 2 heterocycles. The first kappa shape index (κ1) is 20.8. The van der Waals surface area contributed by atoms with Gasteiger partial charge in [-0.2, -0.15) is 0 Å². The van der Waals surface area contributed by atoms with E-state index in [1.807, 2.05) is 30.9 Å². The van der Waals surface area contributed by atoms with Crippen LogP contribution < -0.4 is 5.14 Å². The van der Waals surface area contributed by atoms with E-state index in [4.69, 9.17) is 16.7 Å². The number of amides is 1. The predicted octanol–water partition coefficient (Wildman–Crippen LogP) is 3.21. The van der Waals surface area contributed by atoms with Gasteiger partial charge in [0.15, 0.2) is 0 Å². The Labute approximate surface area is 170 Å². The van der Waals surface area contributed by atoms with Crippen molar-refractivity contribution in [2.45, 2.75) is 37.0 Å². The average molecular weight is 422 g/mol. The second-order valence-electron chi connectivity index (χ2n) is 7.70. The van der Waals surface area contributed by atoms with Gasteiger partial charge in [0.05, 0.1) is 10.5 Å². The largest absolute Gasteiger partial charge is 0.339 e. The highest BCUT2D eigenvalue weighted by Gasteiger charge is 2.37. The topological polar surface area (TPSA) is 93.4 Å². The normalized spacial score (nSPS) is 16.2. The molecule has 0 bridgehead atoms. The number of pyridine rings is 1. The molecule has 1 aromatic carbocycles. The zero-order valence-corrected chi connectivity index (χ0v) is 17.5. The van der Waals surface area contributed by atoms with E-state index >= 15 is 0 Å². The number of carbonyl (C=O) groups excluding carboxylic acids is 1. The molecule has 2 aromatic rings. The van der Waals surface area contributed by atoms with Crippen molar-refractivity contribution in [1.82, 2.24) is 9.88 Å². The first-order valence-corrected chi connectivity index (χ1v) is 11.1. The molecule has 1 fully saturated rings. The highest BCUT2D eigenvalue weighted by Crippen LogP contribution is 2.40. The summed E-state index contributed by atoms with van der Waals surface area (Å²) in [6, 6.07) is 10.2. The van der Waals surface area contributed by atoms with Crippen molar-refractivity contribution in [3.05, 3.63) is 58.9 Å². The summed E-state index contributed by atoms with van der Waals surface area (Å²) in [6.45, 7) is 5.30. The van der Waals surface area contributed by atoms with Gasteiger partial charge >= 0.3 is 0 Å². The molecule has 1 aromatic heterocycles. The van der Waals surface area contributed by atoms with Gasteiger partial charge in [0.2, 0.25) is 10.0 Å². The number of piperidine rings is 1. The number of aromatic nitrogens is 1. The molecular formula is C20H24ClN3O3S. The van der Waals surface area contributed by atoms with Crippen LogP contribution in [0.25, 0.3) is 0 Å². The van der Waals surface area contributed by atoms with Gasteiger partial charge in [0.1, 0.15) is 5.15 Å². The molecule has 2 N–H and O–H groups in total. The lowest BCUT2D eigenvalue weighted by atomic mass is 9.69. The smallest absolute Gasteiger partial charge is 0.255 e. The molecule has 3 rings (SSSR count). The number of nitrogens with two attached hydrogens (primary N) is 1. The summed E-state index contributed by atoms with van der Waals surface area (Å²) in [5, 5.41) is 5.78. The molecule has 0 atom stereocenters. The molecule has 0 aliphatic carbocycles. The average Bonchev–Trinajstić information content (AvgIpc) is 2.67. The van der Waals surface area contributed by atoms with Crippen LogP contribution in [0, 0.1) is 5.92 Å². The Balaban J connectivity index is 1.76. The quantitative estimate of drug-likeness (QED) is 0.767. The number of halogens is 1. The maximum Gasteiger partial charge on any atom is 0.255 e. The summed E-state index contributed by atoms with van der Waals surface area (Å²) in [7, 11) is -3.80. The number of hydrogen-bond acceptors (Lipinski definition) is 4. The van der Waals surface area contributed by atoms with Gasteiger partial charge in [0.25, 0.3) is 5.91 Å². The molecular weight excluding hydrogens is 398 g/mol. The van der Waals surface area contributed by atoms with Crippen molar-refractivity contribution in [2.75, 3.05) is 13.1 Å². The second kappa shape index (κ2) is 7.81. The lowest BCUT2D eigenvalue weighted by Crippen LogP contribution is -2.43. The summed E-state index contributed by atoms with van der Waals surface area (Å²) in [5.41, 5.74) is 0.853. The van der Waals surface area contributed by atoms with E-state index in [-0.39, 0.29) is 22.1 Å². The van der Waals surface area contributed by atoms with Crippen LogP contribution in [-0.2, 0) is 15.4 Å². The Hall–Kier alpha value is -1.96. The monoisotopic (exact) mass is 421 g/mol.